The zero-order chi connectivity index (χ0) is 30.9. The number of rotatable bonds is 9. The second kappa shape index (κ2) is 12.5. The van der Waals surface area contributed by atoms with E-state index in [2.05, 4.69) is 11.4 Å². The van der Waals surface area contributed by atoms with Gasteiger partial charge in [0.2, 0.25) is 0 Å². The van der Waals surface area contributed by atoms with Gasteiger partial charge in [-0.2, -0.15) is 13.2 Å². The average Bonchev–Trinajstić information content (AvgIpc) is 3.39. The third-order valence-corrected chi connectivity index (χ3v) is 9.23. The van der Waals surface area contributed by atoms with Crippen LogP contribution in [0.15, 0.2) is 70.5 Å². The number of aryl methyl sites for hydroxylation is 1. The Labute approximate surface area is 250 Å². The zero-order valence-corrected chi connectivity index (χ0v) is 24.8. The first-order valence-electron chi connectivity index (χ1n) is 13.9. The minimum atomic E-state index is -4.78. The molecule has 0 spiro atoms. The summed E-state index contributed by atoms with van der Waals surface area (Å²) in [4.78, 5) is 14.1. The van der Waals surface area contributed by atoms with Crippen LogP contribution in [-0.4, -0.2) is 30.5 Å². The molecule has 0 saturated heterocycles. The van der Waals surface area contributed by atoms with E-state index in [0.717, 1.165) is 24.6 Å². The molecule has 1 aliphatic heterocycles. The van der Waals surface area contributed by atoms with Crippen molar-refractivity contribution < 1.29 is 26.7 Å². The maximum atomic E-state index is 15.6. The molecule has 2 heterocycles. The Morgan fingerprint density at radius 3 is 2.47 bits per heavy atom. The normalized spacial score (nSPS) is 14.7. The molecule has 226 valence electrons. The van der Waals surface area contributed by atoms with E-state index in [0.29, 0.717) is 35.0 Å². The molecule has 1 unspecified atom stereocenters. The summed E-state index contributed by atoms with van der Waals surface area (Å²) in [7, 11) is 1.31. The molecule has 0 saturated carbocycles. The lowest BCUT2D eigenvalue weighted by molar-refractivity contribution is -0.138. The number of aromatic nitrogens is 1. The van der Waals surface area contributed by atoms with E-state index in [-0.39, 0.29) is 22.9 Å². The maximum Gasteiger partial charge on any atom is 0.416 e. The van der Waals surface area contributed by atoms with E-state index >= 15 is 8.78 Å². The van der Waals surface area contributed by atoms with Gasteiger partial charge in [-0.25, -0.2) is 8.78 Å². The van der Waals surface area contributed by atoms with Crippen LogP contribution in [0.1, 0.15) is 39.4 Å². The molecule has 1 N–H and O–H groups in total. The number of alkyl halides is 3. The van der Waals surface area contributed by atoms with Gasteiger partial charge >= 0.3 is 6.18 Å². The standard InChI is InChI=1S/C33H31F5N2O2S/c1-19-8-4-5-9-21(19)14-15-39-17-22-18-43-32-24(16-25-26(33(36,37)38)11-7-12-27(25)34)20(2)29(31(41)40(22)32)23-10-6-13-28(42-3)30(23)35/h4-13,22,39H,14-18H2,1-3H3. The highest BCUT2D eigenvalue weighted by atomic mass is 32.2. The van der Waals surface area contributed by atoms with Crippen molar-refractivity contribution in [1.82, 2.24) is 9.88 Å². The summed E-state index contributed by atoms with van der Waals surface area (Å²) >= 11 is 1.34. The number of thioether (sulfide) groups is 1. The molecule has 0 aliphatic carbocycles. The molecule has 4 aromatic rings. The highest BCUT2D eigenvalue weighted by molar-refractivity contribution is 7.99. The molecule has 5 rings (SSSR count). The van der Waals surface area contributed by atoms with Crippen LogP contribution in [-0.2, 0) is 19.0 Å². The second-order valence-corrected chi connectivity index (χ2v) is 11.6. The molecule has 43 heavy (non-hydrogen) atoms. The third-order valence-electron chi connectivity index (χ3n) is 7.96. The SMILES string of the molecule is COc1cccc(-c2c(C)c(Cc3c(F)cccc3C(F)(F)F)c3n(c2=O)C(CNCCc2ccccc2C)CS3)c1F. The molecule has 4 nitrogen and oxygen atoms in total. The van der Waals surface area contributed by atoms with Crippen LogP contribution < -0.4 is 15.6 Å². The number of nitrogens with one attached hydrogen (secondary N) is 1. The number of benzene rings is 3. The molecule has 0 fully saturated rings. The lowest BCUT2D eigenvalue weighted by Gasteiger charge is -2.22. The first kappa shape index (κ1) is 30.8. The highest BCUT2D eigenvalue weighted by Gasteiger charge is 2.36. The number of nitrogens with zero attached hydrogens (tertiary/aromatic N) is 1. The molecule has 1 aliphatic rings. The van der Waals surface area contributed by atoms with Gasteiger partial charge in [-0.05, 0) is 67.3 Å². The van der Waals surface area contributed by atoms with Crippen LogP contribution in [0.4, 0.5) is 22.0 Å². The van der Waals surface area contributed by atoms with Crippen LogP contribution in [0, 0.1) is 25.5 Å². The number of ether oxygens (including phenoxy) is 1. The largest absolute Gasteiger partial charge is 0.494 e. The summed E-state index contributed by atoms with van der Waals surface area (Å²) in [5.41, 5.74) is 0.995. The van der Waals surface area contributed by atoms with E-state index < -0.39 is 40.9 Å². The van der Waals surface area contributed by atoms with Crippen molar-refractivity contribution in [2.75, 3.05) is 26.0 Å². The number of halogens is 5. The van der Waals surface area contributed by atoms with Gasteiger partial charge in [-0.1, -0.05) is 42.5 Å². The summed E-state index contributed by atoms with van der Waals surface area (Å²) in [6.07, 6.45) is -4.41. The molecule has 1 atom stereocenters. The quantitative estimate of drug-likeness (QED) is 0.157. The average molecular weight is 615 g/mol. The van der Waals surface area contributed by atoms with E-state index in [9.17, 15) is 18.0 Å². The van der Waals surface area contributed by atoms with E-state index in [1.54, 1.807) is 13.0 Å². The molecule has 10 heteroatoms. The van der Waals surface area contributed by atoms with Gasteiger partial charge in [0.15, 0.2) is 11.6 Å². The van der Waals surface area contributed by atoms with Gasteiger partial charge in [0.25, 0.3) is 5.56 Å². The molecular weight excluding hydrogens is 583 g/mol. The Kier molecular flexibility index (Phi) is 8.99. The Morgan fingerprint density at radius 1 is 1.00 bits per heavy atom. The molecule has 1 aromatic heterocycles. The minimum Gasteiger partial charge on any atom is -0.494 e. The first-order chi connectivity index (χ1) is 20.5. The fraction of sp³-hybridized carbons (Fsp3) is 0.303. The number of hydrogen-bond donors (Lipinski definition) is 1. The van der Waals surface area contributed by atoms with Gasteiger partial charge in [-0.3, -0.25) is 9.36 Å². The van der Waals surface area contributed by atoms with Gasteiger partial charge in [-0.15, -0.1) is 11.8 Å². The number of fused-ring (bicyclic) bond motifs is 1. The Balaban J connectivity index is 1.59. The predicted octanol–water partition coefficient (Wildman–Crippen LogP) is 7.51. The molecular formula is C33H31F5N2O2S. The summed E-state index contributed by atoms with van der Waals surface area (Å²) < 4.78 is 79.0. The molecule has 3 aromatic carbocycles. The molecule has 0 radical (unpaired) electrons. The number of methoxy groups -OCH3 is 1. The Morgan fingerprint density at radius 2 is 1.74 bits per heavy atom. The first-order valence-corrected chi connectivity index (χ1v) is 14.8. The smallest absolute Gasteiger partial charge is 0.416 e. The summed E-state index contributed by atoms with van der Waals surface area (Å²) in [6.45, 7) is 4.69. The van der Waals surface area contributed by atoms with Crippen molar-refractivity contribution in [1.29, 1.82) is 0 Å². The summed E-state index contributed by atoms with van der Waals surface area (Å²) in [6, 6.07) is 15.0. The Bertz CT molecular complexity index is 1720. The van der Waals surface area contributed by atoms with Crippen molar-refractivity contribution in [3.8, 4) is 16.9 Å². The van der Waals surface area contributed by atoms with Crippen molar-refractivity contribution in [2.24, 2.45) is 0 Å². The maximum absolute atomic E-state index is 15.6. The summed E-state index contributed by atoms with van der Waals surface area (Å²) in [5.74, 6) is -1.34. The minimum absolute atomic E-state index is 0.0208. The molecule has 0 amide bonds. The molecule has 0 bridgehead atoms. The number of pyridine rings is 1. The van der Waals surface area contributed by atoms with Crippen molar-refractivity contribution in [3.05, 3.63) is 116 Å². The predicted molar refractivity (Wildman–Crippen MR) is 159 cm³/mol. The second-order valence-electron chi connectivity index (χ2n) is 10.6. The fourth-order valence-corrected chi connectivity index (χ4v) is 7.06. The van der Waals surface area contributed by atoms with E-state index in [4.69, 9.17) is 4.74 Å². The van der Waals surface area contributed by atoms with Crippen LogP contribution in [0.25, 0.3) is 11.1 Å². The fourth-order valence-electron chi connectivity index (χ4n) is 5.67. The highest BCUT2D eigenvalue weighted by Crippen LogP contribution is 2.42. The third kappa shape index (κ3) is 6.08. The van der Waals surface area contributed by atoms with Crippen LogP contribution in [0.5, 0.6) is 5.75 Å². The Hall–Kier alpha value is -3.63. The topological polar surface area (TPSA) is 43.3 Å². The van der Waals surface area contributed by atoms with Gasteiger partial charge in [0.05, 0.1) is 29.3 Å². The van der Waals surface area contributed by atoms with Crippen LogP contribution >= 0.6 is 11.8 Å². The van der Waals surface area contributed by atoms with Crippen molar-refractivity contribution in [2.45, 2.75) is 43.9 Å². The number of hydrogen-bond acceptors (Lipinski definition) is 4. The van der Waals surface area contributed by atoms with Crippen LogP contribution in [0.2, 0.25) is 0 Å². The monoisotopic (exact) mass is 614 g/mol. The zero-order valence-electron chi connectivity index (χ0n) is 23.9. The van der Waals surface area contributed by atoms with Gasteiger partial charge in [0, 0.05) is 29.8 Å². The summed E-state index contributed by atoms with van der Waals surface area (Å²) in [5, 5.41) is 3.88. The van der Waals surface area contributed by atoms with E-state index in [1.165, 1.54) is 46.7 Å². The van der Waals surface area contributed by atoms with Gasteiger partial charge in [0.1, 0.15) is 5.82 Å². The lowest BCUT2D eigenvalue weighted by atomic mass is 9.92. The lowest BCUT2D eigenvalue weighted by Crippen LogP contribution is -2.34. The van der Waals surface area contributed by atoms with Crippen molar-refractivity contribution in [3.63, 3.8) is 0 Å². The van der Waals surface area contributed by atoms with E-state index in [1.807, 2.05) is 25.1 Å². The van der Waals surface area contributed by atoms with Crippen molar-refractivity contribution >= 4 is 11.8 Å². The van der Waals surface area contributed by atoms with Crippen LogP contribution in [0.3, 0.4) is 0 Å². The van der Waals surface area contributed by atoms with Gasteiger partial charge < -0.3 is 10.1 Å².